The van der Waals surface area contributed by atoms with Crippen LogP contribution in [0.2, 0.25) is 0 Å². The summed E-state index contributed by atoms with van der Waals surface area (Å²) in [5, 5.41) is 12.6. The molecule has 0 aliphatic heterocycles. The highest BCUT2D eigenvalue weighted by Gasteiger charge is 2.11. The molecule has 0 amide bonds. The monoisotopic (exact) mass is 266 g/mol. The quantitative estimate of drug-likeness (QED) is 0.925. The van der Waals surface area contributed by atoms with E-state index in [-0.39, 0.29) is 0 Å². The molecule has 0 bridgehead atoms. The smallest absolute Gasteiger partial charge is 0.148 e. The van der Waals surface area contributed by atoms with Crippen molar-refractivity contribution in [1.29, 1.82) is 5.26 Å². The van der Waals surface area contributed by atoms with Gasteiger partial charge in [-0.2, -0.15) is 5.26 Å². The third-order valence-electron chi connectivity index (χ3n) is 3.10. The number of nitriles is 1. The predicted octanol–water partition coefficient (Wildman–Crippen LogP) is 3.38. The van der Waals surface area contributed by atoms with E-state index < -0.39 is 0 Å². The molecule has 0 atom stereocenters. The number of benzene rings is 1. The number of rotatable bonds is 3. The van der Waals surface area contributed by atoms with Crippen molar-refractivity contribution < 1.29 is 0 Å². The summed E-state index contributed by atoms with van der Waals surface area (Å²) >= 11 is 0. The van der Waals surface area contributed by atoms with Crippen LogP contribution < -0.4 is 10.2 Å². The second kappa shape index (κ2) is 5.62. The van der Waals surface area contributed by atoms with Gasteiger partial charge in [-0.25, -0.2) is 4.98 Å². The van der Waals surface area contributed by atoms with Gasteiger partial charge in [0.05, 0.1) is 16.9 Å². The highest BCUT2D eigenvalue weighted by Crippen LogP contribution is 2.28. The van der Waals surface area contributed by atoms with Crippen molar-refractivity contribution in [3.8, 4) is 6.07 Å². The van der Waals surface area contributed by atoms with Crippen LogP contribution in [0.5, 0.6) is 0 Å². The number of pyridine rings is 1. The lowest BCUT2D eigenvalue weighted by Gasteiger charge is -2.19. The fourth-order valence-corrected chi connectivity index (χ4v) is 2.17. The Kier molecular flexibility index (Phi) is 3.90. The Bertz CT molecular complexity index is 669. The van der Waals surface area contributed by atoms with E-state index >= 15 is 0 Å². The van der Waals surface area contributed by atoms with Crippen molar-refractivity contribution >= 4 is 17.2 Å². The molecule has 0 spiro atoms. The molecule has 4 heteroatoms. The summed E-state index contributed by atoms with van der Waals surface area (Å²) in [6, 6.07) is 12.1. The Morgan fingerprint density at radius 3 is 2.55 bits per heavy atom. The van der Waals surface area contributed by atoms with Gasteiger partial charge in [0.2, 0.25) is 0 Å². The van der Waals surface area contributed by atoms with Crippen molar-refractivity contribution in [1.82, 2.24) is 4.98 Å². The normalized spacial score (nSPS) is 9.95. The van der Waals surface area contributed by atoms with E-state index in [2.05, 4.69) is 16.4 Å². The van der Waals surface area contributed by atoms with Crippen LogP contribution in [-0.2, 0) is 0 Å². The molecule has 0 unspecified atom stereocenters. The topological polar surface area (TPSA) is 52.0 Å². The van der Waals surface area contributed by atoms with Crippen LogP contribution in [0, 0.1) is 25.2 Å². The highest BCUT2D eigenvalue weighted by molar-refractivity contribution is 5.76. The van der Waals surface area contributed by atoms with Crippen LogP contribution in [-0.4, -0.2) is 19.1 Å². The third kappa shape index (κ3) is 2.72. The molecular formula is C16H18N4. The Balaban J connectivity index is 2.48. The Labute approximate surface area is 119 Å². The minimum absolute atomic E-state index is 0.587. The van der Waals surface area contributed by atoms with Gasteiger partial charge in [-0.1, -0.05) is 12.1 Å². The van der Waals surface area contributed by atoms with Crippen molar-refractivity contribution in [2.75, 3.05) is 24.3 Å². The highest BCUT2D eigenvalue weighted by atomic mass is 15.1. The molecule has 0 saturated carbocycles. The Morgan fingerprint density at radius 2 is 1.90 bits per heavy atom. The summed E-state index contributed by atoms with van der Waals surface area (Å²) in [7, 11) is 3.97. The number of anilines is 3. The third-order valence-corrected chi connectivity index (χ3v) is 3.10. The fourth-order valence-electron chi connectivity index (χ4n) is 2.17. The van der Waals surface area contributed by atoms with Crippen molar-refractivity contribution in [2.45, 2.75) is 13.8 Å². The molecule has 0 aliphatic carbocycles. The SMILES string of the molecule is Cc1cc(C)c(C#N)c(Nc2ccccc2N(C)C)n1. The molecule has 2 rings (SSSR count). The average molecular weight is 266 g/mol. The predicted molar refractivity (Wildman–Crippen MR) is 82.5 cm³/mol. The molecule has 0 fully saturated rings. The van der Waals surface area contributed by atoms with E-state index in [1.54, 1.807) is 0 Å². The zero-order valence-electron chi connectivity index (χ0n) is 12.2. The fraction of sp³-hybridized carbons (Fsp3) is 0.250. The minimum Gasteiger partial charge on any atom is -0.376 e. The van der Waals surface area contributed by atoms with E-state index in [0.717, 1.165) is 22.6 Å². The van der Waals surface area contributed by atoms with Gasteiger partial charge in [0.25, 0.3) is 0 Å². The zero-order valence-corrected chi connectivity index (χ0v) is 12.2. The van der Waals surface area contributed by atoms with Crippen LogP contribution in [0.25, 0.3) is 0 Å². The number of hydrogen-bond acceptors (Lipinski definition) is 4. The summed E-state index contributed by atoms with van der Waals surface area (Å²) in [5.41, 5.74) is 4.41. The molecule has 102 valence electrons. The van der Waals surface area contributed by atoms with Gasteiger partial charge in [-0.3, -0.25) is 0 Å². The maximum absolute atomic E-state index is 9.31. The standard InChI is InChI=1S/C16H18N4/c1-11-9-12(2)18-16(13(11)10-17)19-14-7-5-6-8-15(14)20(3)4/h5-9H,1-4H3,(H,18,19). The van der Waals surface area contributed by atoms with Crippen molar-refractivity contribution in [3.63, 3.8) is 0 Å². The molecule has 4 nitrogen and oxygen atoms in total. The first kappa shape index (κ1) is 13.9. The minimum atomic E-state index is 0.587. The van der Waals surface area contributed by atoms with Gasteiger partial charge in [-0.05, 0) is 37.6 Å². The van der Waals surface area contributed by atoms with E-state index in [1.165, 1.54) is 0 Å². The van der Waals surface area contributed by atoms with Gasteiger partial charge in [0, 0.05) is 19.8 Å². The number of nitrogens with one attached hydrogen (secondary N) is 1. The largest absolute Gasteiger partial charge is 0.376 e. The summed E-state index contributed by atoms with van der Waals surface area (Å²) in [4.78, 5) is 6.47. The maximum Gasteiger partial charge on any atom is 0.148 e. The summed E-state index contributed by atoms with van der Waals surface area (Å²) in [6.07, 6.45) is 0. The number of hydrogen-bond donors (Lipinski definition) is 1. The van der Waals surface area contributed by atoms with Crippen LogP contribution >= 0.6 is 0 Å². The summed E-state index contributed by atoms with van der Waals surface area (Å²) < 4.78 is 0. The molecule has 1 aromatic heterocycles. The van der Waals surface area contributed by atoms with E-state index in [0.29, 0.717) is 11.4 Å². The molecule has 0 radical (unpaired) electrons. The van der Waals surface area contributed by atoms with Gasteiger partial charge < -0.3 is 10.2 Å². The van der Waals surface area contributed by atoms with Crippen LogP contribution in [0.15, 0.2) is 30.3 Å². The van der Waals surface area contributed by atoms with Crippen LogP contribution in [0.1, 0.15) is 16.8 Å². The molecular weight excluding hydrogens is 248 g/mol. The number of para-hydroxylation sites is 2. The molecule has 20 heavy (non-hydrogen) atoms. The molecule has 0 aliphatic rings. The van der Waals surface area contributed by atoms with Crippen molar-refractivity contribution in [3.05, 3.63) is 47.2 Å². The lowest BCUT2D eigenvalue weighted by molar-refractivity contribution is 1.12. The average Bonchev–Trinajstić information content (AvgIpc) is 2.38. The number of aromatic nitrogens is 1. The Morgan fingerprint density at radius 1 is 1.20 bits per heavy atom. The first-order valence-electron chi connectivity index (χ1n) is 6.44. The second-order valence-corrected chi connectivity index (χ2v) is 4.95. The molecule has 2 aromatic rings. The lowest BCUT2D eigenvalue weighted by Crippen LogP contribution is -2.11. The first-order chi connectivity index (χ1) is 9.52. The number of aryl methyl sites for hydroxylation is 2. The molecule has 1 heterocycles. The Hall–Kier alpha value is -2.54. The van der Waals surface area contributed by atoms with E-state index in [9.17, 15) is 5.26 Å². The molecule has 0 saturated heterocycles. The lowest BCUT2D eigenvalue weighted by atomic mass is 10.1. The van der Waals surface area contributed by atoms with Crippen LogP contribution in [0.3, 0.4) is 0 Å². The van der Waals surface area contributed by atoms with Gasteiger partial charge in [0.15, 0.2) is 0 Å². The summed E-state index contributed by atoms with van der Waals surface area (Å²) in [6.45, 7) is 3.85. The van der Waals surface area contributed by atoms with E-state index in [4.69, 9.17) is 0 Å². The maximum atomic E-state index is 9.31. The van der Waals surface area contributed by atoms with E-state index in [1.807, 2.05) is 63.2 Å². The van der Waals surface area contributed by atoms with Crippen LogP contribution in [0.4, 0.5) is 17.2 Å². The van der Waals surface area contributed by atoms with Crippen molar-refractivity contribution in [2.24, 2.45) is 0 Å². The van der Waals surface area contributed by atoms with Gasteiger partial charge in [0.1, 0.15) is 11.9 Å². The zero-order chi connectivity index (χ0) is 14.7. The summed E-state index contributed by atoms with van der Waals surface area (Å²) in [5.74, 6) is 0.610. The first-order valence-corrected chi connectivity index (χ1v) is 6.44. The molecule has 1 aromatic carbocycles. The second-order valence-electron chi connectivity index (χ2n) is 4.95. The number of nitrogens with zero attached hydrogens (tertiary/aromatic N) is 3. The van der Waals surface area contributed by atoms with Gasteiger partial charge in [-0.15, -0.1) is 0 Å². The molecule has 1 N–H and O–H groups in total. The van der Waals surface area contributed by atoms with Gasteiger partial charge >= 0.3 is 0 Å².